The number of ether oxygens (including phenoxy) is 1. The minimum absolute atomic E-state index is 0.374. The Morgan fingerprint density at radius 3 is 2.88 bits per heavy atom. The van der Waals surface area contributed by atoms with Gasteiger partial charge in [-0.1, -0.05) is 0 Å². The second-order valence-corrected chi connectivity index (χ2v) is 5.04. The molecule has 1 heterocycles. The second kappa shape index (κ2) is 6.05. The molecule has 1 aromatic rings. The molecule has 0 radical (unpaired) electrons. The summed E-state index contributed by atoms with van der Waals surface area (Å²) in [4.78, 5) is 8.38. The van der Waals surface area contributed by atoms with Crippen LogP contribution < -0.4 is 10.1 Å². The lowest BCUT2D eigenvalue weighted by molar-refractivity contribution is 0.376. The quantitative estimate of drug-likeness (QED) is 0.841. The maximum absolute atomic E-state index is 6.08. The molecular formula is C12H18ClN3O. The SMILES string of the molecule is COc1ccnc(NCC2CCC(Cl)CC2)n1. The summed E-state index contributed by atoms with van der Waals surface area (Å²) in [6, 6.07) is 1.74. The van der Waals surface area contributed by atoms with E-state index in [1.165, 1.54) is 12.8 Å². The normalized spacial score (nSPS) is 24.4. The van der Waals surface area contributed by atoms with Gasteiger partial charge in [-0.05, 0) is 31.6 Å². The number of hydrogen-bond acceptors (Lipinski definition) is 4. The molecular weight excluding hydrogens is 238 g/mol. The zero-order valence-electron chi connectivity index (χ0n) is 10.0. The molecule has 1 N–H and O–H groups in total. The molecule has 0 unspecified atom stereocenters. The van der Waals surface area contributed by atoms with Crippen molar-refractivity contribution in [2.24, 2.45) is 5.92 Å². The van der Waals surface area contributed by atoms with E-state index in [-0.39, 0.29) is 0 Å². The third-order valence-electron chi connectivity index (χ3n) is 3.16. The Morgan fingerprint density at radius 1 is 1.41 bits per heavy atom. The minimum Gasteiger partial charge on any atom is -0.481 e. The van der Waals surface area contributed by atoms with Crippen molar-refractivity contribution in [1.82, 2.24) is 9.97 Å². The van der Waals surface area contributed by atoms with E-state index in [1.807, 2.05) is 0 Å². The summed E-state index contributed by atoms with van der Waals surface area (Å²) in [5, 5.41) is 3.63. The van der Waals surface area contributed by atoms with E-state index in [4.69, 9.17) is 16.3 Å². The van der Waals surface area contributed by atoms with Crippen LogP contribution in [0.15, 0.2) is 12.3 Å². The molecule has 2 rings (SSSR count). The molecule has 94 valence electrons. The van der Waals surface area contributed by atoms with E-state index in [0.29, 0.717) is 23.1 Å². The number of halogens is 1. The fourth-order valence-electron chi connectivity index (χ4n) is 2.10. The molecule has 4 nitrogen and oxygen atoms in total. The highest BCUT2D eigenvalue weighted by molar-refractivity contribution is 6.20. The summed E-state index contributed by atoms with van der Waals surface area (Å²) < 4.78 is 5.05. The Kier molecular flexibility index (Phi) is 4.42. The van der Waals surface area contributed by atoms with Crippen LogP contribution in [0.25, 0.3) is 0 Å². The third kappa shape index (κ3) is 3.73. The summed E-state index contributed by atoms with van der Waals surface area (Å²) in [5.74, 6) is 1.91. The standard InChI is InChI=1S/C12H18ClN3O/c1-17-11-6-7-14-12(16-11)15-8-9-2-4-10(13)5-3-9/h6-7,9-10H,2-5,8H2,1H3,(H,14,15,16). The highest BCUT2D eigenvalue weighted by Crippen LogP contribution is 2.27. The fourth-order valence-corrected chi connectivity index (χ4v) is 2.35. The van der Waals surface area contributed by atoms with Crippen molar-refractivity contribution < 1.29 is 4.74 Å². The van der Waals surface area contributed by atoms with Crippen molar-refractivity contribution in [1.29, 1.82) is 0 Å². The number of nitrogens with one attached hydrogen (secondary N) is 1. The Bertz CT molecular complexity index is 353. The van der Waals surface area contributed by atoms with E-state index in [0.717, 1.165) is 19.4 Å². The lowest BCUT2D eigenvalue weighted by atomic mass is 9.89. The fraction of sp³-hybridized carbons (Fsp3) is 0.667. The maximum atomic E-state index is 6.08. The Balaban J connectivity index is 1.81. The first-order valence-electron chi connectivity index (χ1n) is 6.03. The van der Waals surface area contributed by atoms with E-state index in [1.54, 1.807) is 19.4 Å². The molecule has 1 saturated carbocycles. The number of aromatic nitrogens is 2. The molecule has 5 heteroatoms. The van der Waals surface area contributed by atoms with E-state index < -0.39 is 0 Å². The first-order chi connectivity index (χ1) is 8.28. The minimum atomic E-state index is 0.374. The van der Waals surface area contributed by atoms with Crippen molar-refractivity contribution in [3.8, 4) is 5.88 Å². The Labute approximate surface area is 107 Å². The van der Waals surface area contributed by atoms with Gasteiger partial charge >= 0.3 is 0 Å². The lowest BCUT2D eigenvalue weighted by Gasteiger charge is -2.24. The van der Waals surface area contributed by atoms with Crippen LogP contribution in [0.2, 0.25) is 0 Å². The number of anilines is 1. The van der Waals surface area contributed by atoms with E-state index >= 15 is 0 Å². The van der Waals surface area contributed by atoms with Crippen molar-refractivity contribution in [3.63, 3.8) is 0 Å². The molecule has 1 aromatic heterocycles. The van der Waals surface area contributed by atoms with E-state index in [2.05, 4.69) is 15.3 Å². The van der Waals surface area contributed by atoms with Crippen LogP contribution in [0.4, 0.5) is 5.95 Å². The third-order valence-corrected chi connectivity index (χ3v) is 3.60. The van der Waals surface area contributed by atoms with Gasteiger partial charge in [-0.25, -0.2) is 4.98 Å². The van der Waals surface area contributed by atoms with Crippen LogP contribution in [0.3, 0.4) is 0 Å². The number of methoxy groups -OCH3 is 1. The molecule has 1 aliphatic rings. The van der Waals surface area contributed by atoms with Gasteiger partial charge in [0.25, 0.3) is 0 Å². The summed E-state index contributed by atoms with van der Waals surface area (Å²) >= 11 is 6.08. The van der Waals surface area contributed by atoms with Gasteiger partial charge in [0.05, 0.1) is 7.11 Å². The van der Waals surface area contributed by atoms with E-state index in [9.17, 15) is 0 Å². The van der Waals surface area contributed by atoms with Gasteiger partial charge in [-0.15, -0.1) is 11.6 Å². The average Bonchev–Trinajstić information content (AvgIpc) is 2.38. The number of alkyl halides is 1. The summed E-state index contributed by atoms with van der Waals surface area (Å²) in [6.45, 7) is 0.913. The topological polar surface area (TPSA) is 47.0 Å². The van der Waals surface area contributed by atoms with Gasteiger partial charge < -0.3 is 10.1 Å². The van der Waals surface area contributed by atoms with Gasteiger partial charge in [0.2, 0.25) is 11.8 Å². The molecule has 17 heavy (non-hydrogen) atoms. The van der Waals surface area contributed by atoms with Crippen LogP contribution in [0.1, 0.15) is 25.7 Å². The number of rotatable bonds is 4. The molecule has 0 bridgehead atoms. The van der Waals surface area contributed by atoms with Crippen LogP contribution in [-0.4, -0.2) is 29.0 Å². The molecule has 0 amide bonds. The smallest absolute Gasteiger partial charge is 0.225 e. The van der Waals surface area contributed by atoms with Gasteiger partial charge in [-0.2, -0.15) is 4.98 Å². The molecule has 0 aliphatic heterocycles. The lowest BCUT2D eigenvalue weighted by Crippen LogP contribution is -2.22. The molecule has 0 atom stereocenters. The number of hydrogen-bond donors (Lipinski definition) is 1. The summed E-state index contributed by atoms with van der Waals surface area (Å²) in [7, 11) is 1.61. The van der Waals surface area contributed by atoms with Gasteiger partial charge in [0.15, 0.2) is 0 Å². The summed E-state index contributed by atoms with van der Waals surface area (Å²) in [6.07, 6.45) is 6.31. The van der Waals surface area contributed by atoms with Crippen molar-refractivity contribution in [2.75, 3.05) is 19.0 Å². The predicted octanol–water partition coefficient (Wildman–Crippen LogP) is 2.69. The van der Waals surface area contributed by atoms with Crippen LogP contribution in [0.5, 0.6) is 5.88 Å². The van der Waals surface area contributed by atoms with Crippen molar-refractivity contribution in [3.05, 3.63) is 12.3 Å². The molecule has 0 saturated heterocycles. The molecule has 0 spiro atoms. The zero-order valence-corrected chi connectivity index (χ0v) is 10.8. The largest absolute Gasteiger partial charge is 0.481 e. The van der Waals surface area contributed by atoms with Crippen LogP contribution in [-0.2, 0) is 0 Å². The average molecular weight is 256 g/mol. The van der Waals surface area contributed by atoms with Crippen LogP contribution >= 0.6 is 11.6 Å². The van der Waals surface area contributed by atoms with Crippen molar-refractivity contribution >= 4 is 17.5 Å². The first-order valence-corrected chi connectivity index (χ1v) is 6.46. The molecule has 1 fully saturated rings. The highest BCUT2D eigenvalue weighted by atomic mass is 35.5. The number of nitrogens with zero attached hydrogens (tertiary/aromatic N) is 2. The van der Waals surface area contributed by atoms with Gasteiger partial charge in [-0.3, -0.25) is 0 Å². The maximum Gasteiger partial charge on any atom is 0.225 e. The molecule has 1 aliphatic carbocycles. The zero-order chi connectivity index (χ0) is 12.1. The Morgan fingerprint density at radius 2 is 2.18 bits per heavy atom. The van der Waals surface area contributed by atoms with Crippen LogP contribution in [0, 0.1) is 5.92 Å². The van der Waals surface area contributed by atoms with Crippen molar-refractivity contribution in [2.45, 2.75) is 31.1 Å². The molecule has 0 aromatic carbocycles. The monoisotopic (exact) mass is 255 g/mol. The second-order valence-electron chi connectivity index (χ2n) is 4.42. The van der Waals surface area contributed by atoms with Gasteiger partial charge in [0, 0.05) is 24.2 Å². The Hall–Kier alpha value is -1.03. The van der Waals surface area contributed by atoms with Gasteiger partial charge in [0.1, 0.15) is 0 Å². The highest BCUT2D eigenvalue weighted by Gasteiger charge is 2.19. The summed E-state index contributed by atoms with van der Waals surface area (Å²) in [5.41, 5.74) is 0. The predicted molar refractivity (Wildman–Crippen MR) is 68.7 cm³/mol. The first kappa shape index (κ1) is 12.4.